The van der Waals surface area contributed by atoms with Gasteiger partial charge in [0.05, 0.1) is 6.04 Å². The fourth-order valence-electron chi connectivity index (χ4n) is 2.24. The van der Waals surface area contributed by atoms with Crippen molar-refractivity contribution < 1.29 is 4.39 Å². The third-order valence-electron chi connectivity index (χ3n) is 3.69. The molecule has 0 radical (unpaired) electrons. The SMILES string of the molecule is CN=C(NCCCn1cccn1)NC(C)c1ccc(C)c(F)c1. The molecule has 0 fully saturated rings. The first-order valence-corrected chi connectivity index (χ1v) is 7.81. The summed E-state index contributed by atoms with van der Waals surface area (Å²) in [6.45, 7) is 5.39. The van der Waals surface area contributed by atoms with Crippen LogP contribution in [0.4, 0.5) is 4.39 Å². The van der Waals surface area contributed by atoms with Crippen LogP contribution in [0.15, 0.2) is 41.7 Å². The summed E-state index contributed by atoms with van der Waals surface area (Å²) < 4.78 is 15.6. The Labute approximate surface area is 136 Å². The minimum Gasteiger partial charge on any atom is -0.356 e. The monoisotopic (exact) mass is 317 g/mol. The van der Waals surface area contributed by atoms with Crippen molar-refractivity contribution in [2.24, 2.45) is 4.99 Å². The number of benzene rings is 1. The van der Waals surface area contributed by atoms with Crippen LogP contribution in [0.3, 0.4) is 0 Å². The van der Waals surface area contributed by atoms with Gasteiger partial charge in [-0.25, -0.2) is 4.39 Å². The Morgan fingerprint density at radius 2 is 2.26 bits per heavy atom. The van der Waals surface area contributed by atoms with E-state index in [-0.39, 0.29) is 11.9 Å². The largest absolute Gasteiger partial charge is 0.356 e. The summed E-state index contributed by atoms with van der Waals surface area (Å²) in [5.41, 5.74) is 1.55. The number of aryl methyl sites for hydroxylation is 2. The van der Waals surface area contributed by atoms with Crippen molar-refractivity contribution in [3.8, 4) is 0 Å². The Bertz CT molecular complexity index is 636. The second-order valence-electron chi connectivity index (χ2n) is 5.50. The van der Waals surface area contributed by atoms with Crippen LogP contribution in [0.1, 0.15) is 30.5 Å². The maximum atomic E-state index is 13.7. The van der Waals surface area contributed by atoms with E-state index in [1.54, 1.807) is 32.3 Å². The molecule has 6 heteroatoms. The maximum absolute atomic E-state index is 13.7. The lowest BCUT2D eigenvalue weighted by Gasteiger charge is -2.18. The van der Waals surface area contributed by atoms with Crippen LogP contribution >= 0.6 is 0 Å². The van der Waals surface area contributed by atoms with Gasteiger partial charge in [0.1, 0.15) is 5.82 Å². The van der Waals surface area contributed by atoms with Crippen molar-refractivity contribution in [1.82, 2.24) is 20.4 Å². The Kier molecular flexibility index (Phi) is 6.14. The smallest absolute Gasteiger partial charge is 0.191 e. The average Bonchev–Trinajstić information content (AvgIpc) is 3.06. The lowest BCUT2D eigenvalue weighted by Crippen LogP contribution is -2.39. The molecule has 0 bridgehead atoms. The van der Waals surface area contributed by atoms with Crippen LogP contribution < -0.4 is 10.6 Å². The minimum absolute atomic E-state index is 0.0255. The Hall–Kier alpha value is -2.37. The molecule has 124 valence electrons. The van der Waals surface area contributed by atoms with Crippen molar-refractivity contribution in [3.63, 3.8) is 0 Å². The topological polar surface area (TPSA) is 54.2 Å². The molecule has 1 unspecified atom stereocenters. The maximum Gasteiger partial charge on any atom is 0.191 e. The summed E-state index contributed by atoms with van der Waals surface area (Å²) >= 11 is 0. The minimum atomic E-state index is -0.182. The molecule has 0 saturated heterocycles. The molecule has 1 aromatic carbocycles. The zero-order chi connectivity index (χ0) is 16.7. The standard InChI is InChI=1S/C17H24FN5/c1-13-6-7-15(12-16(13)18)14(2)22-17(19-3)20-8-4-10-23-11-5-9-21-23/h5-7,9,11-12,14H,4,8,10H2,1-3H3,(H2,19,20,22). The zero-order valence-electron chi connectivity index (χ0n) is 13.9. The molecule has 2 rings (SSSR count). The Balaban J connectivity index is 1.80. The van der Waals surface area contributed by atoms with Crippen LogP contribution in [-0.2, 0) is 6.54 Å². The van der Waals surface area contributed by atoms with Gasteiger partial charge in [0, 0.05) is 32.5 Å². The average molecular weight is 317 g/mol. The third-order valence-corrected chi connectivity index (χ3v) is 3.69. The zero-order valence-corrected chi connectivity index (χ0v) is 13.9. The van der Waals surface area contributed by atoms with Crippen molar-refractivity contribution in [3.05, 3.63) is 53.6 Å². The molecule has 1 aromatic heterocycles. The van der Waals surface area contributed by atoms with Crippen LogP contribution in [0, 0.1) is 12.7 Å². The molecule has 0 amide bonds. The molecule has 2 N–H and O–H groups in total. The molecule has 23 heavy (non-hydrogen) atoms. The molecular weight excluding hydrogens is 293 g/mol. The number of hydrogen-bond donors (Lipinski definition) is 2. The van der Waals surface area contributed by atoms with Gasteiger partial charge in [0.25, 0.3) is 0 Å². The Morgan fingerprint density at radius 1 is 1.43 bits per heavy atom. The van der Waals surface area contributed by atoms with E-state index in [0.29, 0.717) is 11.5 Å². The van der Waals surface area contributed by atoms with E-state index in [1.807, 2.05) is 29.9 Å². The number of nitrogens with zero attached hydrogens (tertiary/aromatic N) is 3. The molecule has 1 heterocycles. The highest BCUT2D eigenvalue weighted by Crippen LogP contribution is 2.16. The number of nitrogens with one attached hydrogen (secondary N) is 2. The number of hydrogen-bond acceptors (Lipinski definition) is 2. The summed E-state index contributed by atoms with van der Waals surface area (Å²) in [7, 11) is 1.73. The van der Waals surface area contributed by atoms with Crippen LogP contribution in [-0.4, -0.2) is 29.3 Å². The van der Waals surface area contributed by atoms with E-state index < -0.39 is 0 Å². The van der Waals surface area contributed by atoms with Gasteiger partial charge in [0.15, 0.2) is 5.96 Å². The molecule has 5 nitrogen and oxygen atoms in total. The Morgan fingerprint density at radius 3 is 2.91 bits per heavy atom. The van der Waals surface area contributed by atoms with Crippen molar-refractivity contribution in [2.75, 3.05) is 13.6 Å². The first kappa shape index (κ1) is 17.0. The van der Waals surface area contributed by atoms with Gasteiger partial charge in [-0.3, -0.25) is 9.67 Å². The van der Waals surface area contributed by atoms with Crippen molar-refractivity contribution in [2.45, 2.75) is 32.9 Å². The van der Waals surface area contributed by atoms with Crippen molar-refractivity contribution >= 4 is 5.96 Å². The summed E-state index contributed by atoms with van der Waals surface area (Å²) in [6.07, 6.45) is 4.66. The third kappa shape index (κ3) is 5.09. The quantitative estimate of drug-likeness (QED) is 0.489. The van der Waals surface area contributed by atoms with Crippen LogP contribution in [0.2, 0.25) is 0 Å². The van der Waals surface area contributed by atoms with E-state index >= 15 is 0 Å². The van der Waals surface area contributed by atoms with Gasteiger partial charge < -0.3 is 10.6 Å². The summed E-state index contributed by atoms with van der Waals surface area (Å²) in [6, 6.07) is 7.18. The highest BCUT2D eigenvalue weighted by atomic mass is 19.1. The first-order chi connectivity index (χ1) is 11.1. The summed E-state index contributed by atoms with van der Waals surface area (Å²) in [4.78, 5) is 4.21. The van der Waals surface area contributed by atoms with Gasteiger partial charge in [-0.1, -0.05) is 12.1 Å². The van der Waals surface area contributed by atoms with E-state index in [0.717, 1.165) is 25.1 Å². The van der Waals surface area contributed by atoms with Gasteiger partial charge in [-0.2, -0.15) is 5.10 Å². The summed E-state index contributed by atoms with van der Waals surface area (Å²) in [5.74, 6) is 0.525. The molecule has 0 saturated carbocycles. The molecule has 0 aliphatic heterocycles. The van der Waals surface area contributed by atoms with Crippen LogP contribution in [0.5, 0.6) is 0 Å². The molecule has 2 aromatic rings. The number of aromatic nitrogens is 2. The fraction of sp³-hybridized carbons (Fsp3) is 0.412. The van der Waals surface area contributed by atoms with E-state index in [9.17, 15) is 4.39 Å². The van der Waals surface area contributed by atoms with E-state index in [4.69, 9.17) is 0 Å². The van der Waals surface area contributed by atoms with Crippen molar-refractivity contribution in [1.29, 1.82) is 0 Å². The molecule has 0 aliphatic carbocycles. The lowest BCUT2D eigenvalue weighted by molar-refractivity contribution is 0.567. The molecule has 0 aliphatic rings. The predicted octanol–water partition coefficient (Wildman–Crippen LogP) is 2.65. The number of guanidine groups is 1. The number of rotatable bonds is 6. The van der Waals surface area contributed by atoms with Crippen LogP contribution in [0.25, 0.3) is 0 Å². The van der Waals surface area contributed by atoms with E-state index in [1.165, 1.54) is 0 Å². The highest BCUT2D eigenvalue weighted by Gasteiger charge is 2.09. The second-order valence-corrected chi connectivity index (χ2v) is 5.50. The highest BCUT2D eigenvalue weighted by molar-refractivity contribution is 5.80. The first-order valence-electron chi connectivity index (χ1n) is 7.81. The molecule has 0 spiro atoms. The second kappa shape index (κ2) is 8.31. The van der Waals surface area contributed by atoms with Gasteiger partial charge in [-0.15, -0.1) is 0 Å². The number of aliphatic imine (C=N–C) groups is 1. The van der Waals surface area contributed by atoms with Gasteiger partial charge >= 0.3 is 0 Å². The predicted molar refractivity (Wildman–Crippen MR) is 90.9 cm³/mol. The van der Waals surface area contributed by atoms with Gasteiger partial charge in [0.2, 0.25) is 0 Å². The van der Waals surface area contributed by atoms with Gasteiger partial charge in [-0.05, 0) is 43.5 Å². The molecule has 1 atom stereocenters. The summed E-state index contributed by atoms with van der Waals surface area (Å²) in [5, 5.41) is 10.7. The number of halogens is 1. The lowest BCUT2D eigenvalue weighted by atomic mass is 10.1. The molecular formula is C17H24FN5. The fourth-order valence-corrected chi connectivity index (χ4v) is 2.24. The van der Waals surface area contributed by atoms with E-state index in [2.05, 4.69) is 20.7 Å². The normalized spacial score (nSPS) is 13.0.